The van der Waals surface area contributed by atoms with Crippen LogP contribution >= 0.6 is 0 Å². The summed E-state index contributed by atoms with van der Waals surface area (Å²) >= 11 is 0. The summed E-state index contributed by atoms with van der Waals surface area (Å²) in [4.78, 5) is 34.3. The second kappa shape index (κ2) is 10.9. The van der Waals surface area contributed by atoms with Gasteiger partial charge >= 0.3 is 0 Å². The van der Waals surface area contributed by atoms with Crippen molar-refractivity contribution in [3.8, 4) is 0 Å². The van der Waals surface area contributed by atoms with Crippen molar-refractivity contribution in [2.24, 2.45) is 0 Å². The number of fused-ring (bicyclic) bond motifs is 1. The van der Waals surface area contributed by atoms with Crippen LogP contribution in [0, 0.1) is 6.92 Å². The lowest BCUT2D eigenvalue weighted by Crippen LogP contribution is -2.32. The third kappa shape index (κ3) is 5.88. The number of likely N-dealkylation sites (N-methyl/N-ethyl adjacent to an activating group) is 2. The molecule has 0 aliphatic heterocycles. The van der Waals surface area contributed by atoms with Crippen LogP contribution in [0.5, 0.6) is 0 Å². The number of nitrogens with zero attached hydrogens (tertiary/aromatic N) is 6. The fourth-order valence-electron chi connectivity index (χ4n) is 3.93. The summed E-state index contributed by atoms with van der Waals surface area (Å²) in [6.07, 6.45) is 6.58. The van der Waals surface area contributed by atoms with Crippen molar-refractivity contribution >= 4 is 28.4 Å². The summed E-state index contributed by atoms with van der Waals surface area (Å²) in [5, 5.41) is 3.95. The maximum atomic E-state index is 12.7. The highest BCUT2D eigenvalue weighted by Crippen LogP contribution is 2.25. The molecule has 0 saturated heterocycles. The van der Waals surface area contributed by atoms with E-state index in [0.29, 0.717) is 0 Å². The topological polar surface area (TPSA) is 113 Å². The van der Waals surface area contributed by atoms with E-state index in [0.717, 1.165) is 47.5 Å². The molecule has 9 heteroatoms. The molecule has 3 heterocycles. The van der Waals surface area contributed by atoms with E-state index in [2.05, 4.69) is 62.2 Å². The molecule has 1 aromatic carbocycles. The fourth-order valence-corrected chi connectivity index (χ4v) is 3.93. The Hall–Kier alpha value is -4.11. The monoisotopic (exact) mass is 470 g/mol. The second-order valence-corrected chi connectivity index (χ2v) is 8.61. The Morgan fingerprint density at radius 3 is 2.66 bits per heavy atom. The molecule has 4 rings (SSSR count). The average molecular weight is 471 g/mol. The smallest absolute Gasteiger partial charge is 0.273 e. The van der Waals surface area contributed by atoms with Gasteiger partial charge in [-0.25, -0.2) is 15.0 Å². The van der Waals surface area contributed by atoms with Gasteiger partial charge in [-0.05, 0) is 37.2 Å². The lowest BCUT2D eigenvalue weighted by atomic mass is 10.1. The molecule has 0 fully saturated rings. The van der Waals surface area contributed by atoms with Crippen LogP contribution in [0.3, 0.4) is 0 Å². The number of para-hydroxylation sites is 1. The molecule has 4 aromatic rings. The number of aryl methyl sites for hydroxylation is 1. The van der Waals surface area contributed by atoms with Crippen LogP contribution in [0.4, 0.5) is 11.6 Å². The minimum absolute atomic E-state index is 0.103. The van der Waals surface area contributed by atoms with Crippen molar-refractivity contribution in [2.75, 3.05) is 37.8 Å². The van der Waals surface area contributed by atoms with Crippen molar-refractivity contribution in [1.82, 2.24) is 30.2 Å². The molecule has 1 amide bonds. The summed E-state index contributed by atoms with van der Waals surface area (Å²) in [5.74, 6) is 0.560. The number of rotatable bonds is 9. The third-order valence-electron chi connectivity index (χ3n) is 5.84. The molecule has 0 saturated carbocycles. The van der Waals surface area contributed by atoms with Gasteiger partial charge in [0.15, 0.2) is 11.5 Å². The Bertz CT molecular complexity index is 1310. The molecule has 0 aliphatic carbocycles. The third-order valence-corrected chi connectivity index (χ3v) is 5.84. The van der Waals surface area contributed by atoms with Crippen molar-refractivity contribution < 1.29 is 4.79 Å². The molecule has 0 aliphatic rings. The van der Waals surface area contributed by atoms with Gasteiger partial charge in [0.1, 0.15) is 5.82 Å². The fraction of sp³-hybridized carbons (Fsp3) is 0.269. The number of nitrogens with two attached hydrogens (primary N) is 1. The number of carbonyl (C=O) groups is 1. The first-order valence-electron chi connectivity index (χ1n) is 11.4. The molecular weight excluding hydrogens is 440 g/mol. The minimum atomic E-state index is -0.371. The van der Waals surface area contributed by atoms with Gasteiger partial charge in [0.05, 0.1) is 5.52 Å². The van der Waals surface area contributed by atoms with Crippen LogP contribution in [-0.4, -0.2) is 57.9 Å². The van der Waals surface area contributed by atoms with Crippen LogP contribution in [0.2, 0.25) is 0 Å². The number of nitrogens with one attached hydrogen (secondary N) is 1. The summed E-state index contributed by atoms with van der Waals surface area (Å²) < 4.78 is 0. The van der Waals surface area contributed by atoms with Crippen LogP contribution in [0.1, 0.15) is 27.2 Å². The molecule has 0 radical (unpaired) electrons. The van der Waals surface area contributed by atoms with Gasteiger partial charge in [-0.1, -0.05) is 24.3 Å². The zero-order valence-corrected chi connectivity index (χ0v) is 20.3. The first kappa shape index (κ1) is 24.0. The highest BCUT2D eigenvalue weighted by molar-refractivity contribution is 5.96. The molecule has 3 N–H and O–H groups in total. The van der Waals surface area contributed by atoms with Gasteiger partial charge in [-0.2, -0.15) is 0 Å². The Labute approximate surface area is 205 Å². The molecule has 9 nitrogen and oxygen atoms in total. The second-order valence-electron chi connectivity index (χ2n) is 8.61. The molecule has 0 atom stereocenters. The molecule has 35 heavy (non-hydrogen) atoms. The number of anilines is 2. The average Bonchev–Trinajstić information content (AvgIpc) is 2.86. The Balaban J connectivity index is 1.53. The number of hydrogen-bond acceptors (Lipinski definition) is 8. The summed E-state index contributed by atoms with van der Waals surface area (Å²) in [5.41, 5.74) is 10.1. The lowest BCUT2D eigenvalue weighted by molar-refractivity contribution is 0.0946. The van der Waals surface area contributed by atoms with E-state index < -0.39 is 0 Å². The molecule has 0 spiro atoms. The molecule has 0 bridgehead atoms. The Morgan fingerprint density at radius 1 is 1.06 bits per heavy atom. The number of hydrogen-bond donors (Lipinski definition) is 2. The predicted molar refractivity (Wildman–Crippen MR) is 138 cm³/mol. The molecular formula is C26H30N8O. The van der Waals surface area contributed by atoms with E-state index in [4.69, 9.17) is 10.7 Å². The van der Waals surface area contributed by atoms with Gasteiger partial charge in [-0.3, -0.25) is 9.78 Å². The number of carbonyl (C=O) groups excluding carboxylic acids is 1. The van der Waals surface area contributed by atoms with E-state index in [9.17, 15) is 4.79 Å². The van der Waals surface area contributed by atoms with Gasteiger partial charge in [0, 0.05) is 69.0 Å². The number of amides is 1. The Kier molecular flexibility index (Phi) is 7.47. The summed E-state index contributed by atoms with van der Waals surface area (Å²) in [6.45, 7) is 4.75. The SMILES string of the molecule is Cc1cccc2cc(CNC(=O)c3nccnc3N)c(N(C)CCN(C)Cc3cccnc3)nc12. The van der Waals surface area contributed by atoms with Gasteiger partial charge in [-0.15, -0.1) is 0 Å². The van der Waals surface area contributed by atoms with Gasteiger partial charge in [0.2, 0.25) is 0 Å². The number of benzene rings is 1. The molecule has 0 unspecified atom stereocenters. The minimum Gasteiger partial charge on any atom is -0.382 e. The summed E-state index contributed by atoms with van der Waals surface area (Å²) in [6, 6.07) is 12.2. The predicted octanol–water partition coefficient (Wildman–Crippen LogP) is 2.81. The summed E-state index contributed by atoms with van der Waals surface area (Å²) in [7, 11) is 4.11. The van der Waals surface area contributed by atoms with Crippen molar-refractivity contribution in [3.63, 3.8) is 0 Å². The largest absolute Gasteiger partial charge is 0.382 e. The quantitative estimate of drug-likeness (QED) is 0.384. The van der Waals surface area contributed by atoms with E-state index in [1.165, 1.54) is 18.0 Å². The van der Waals surface area contributed by atoms with Crippen LogP contribution in [0.25, 0.3) is 10.9 Å². The maximum absolute atomic E-state index is 12.7. The molecule has 3 aromatic heterocycles. The van der Waals surface area contributed by atoms with Crippen molar-refractivity contribution in [3.05, 3.63) is 83.6 Å². The highest BCUT2D eigenvalue weighted by atomic mass is 16.1. The van der Waals surface area contributed by atoms with Gasteiger partial charge < -0.3 is 20.9 Å². The zero-order valence-electron chi connectivity index (χ0n) is 20.3. The first-order valence-corrected chi connectivity index (χ1v) is 11.4. The maximum Gasteiger partial charge on any atom is 0.273 e. The van der Waals surface area contributed by atoms with Gasteiger partial charge in [0.25, 0.3) is 5.91 Å². The number of pyridine rings is 2. The van der Waals surface area contributed by atoms with Crippen molar-refractivity contribution in [1.29, 1.82) is 0 Å². The normalized spacial score (nSPS) is 11.1. The van der Waals surface area contributed by atoms with E-state index in [1.807, 2.05) is 31.4 Å². The number of aromatic nitrogens is 4. The zero-order chi connectivity index (χ0) is 24.8. The number of nitrogen functional groups attached to an aromatic ring is 1. The van der Waals surface area contributed by atoms with Crippen LogP contribution < -0.4 is 16.0 Å². The first-order chi connectivity index (χ1) is 16.9. The highest BCUT2D eigenvalue weighted by Gasteiger charge is 2.16. The Morgan fingerprint density at radius 2 is 1.89 bits per heavy atom. The van der Waals surface area contributed by atoms with Crippen molar-refractivity contribution in [2.45, 2.75) is 20.0 Å². The van der Waals surface area contributed by atoms with E-state index in [1.54, 1.807) is 6.20 Å². The molecule has 180 valence electrons. The lowest BCUT2D eigenvalue weighted by Gasteiger charge is -2.25. The van der Waals surface area contributed by atoms with Crippen LogP contribution in [-0.2, 0) is 13.1 Å². The van der Waals surface area contributed by atoms with Crippen LogP contribution in [0.15, 0.2) is 61.2 Å². The van der Waals surface area contributed by atoms with E-state index >= 15 is 0 Å². The standard InChI is InChI=1S/C26H30N8O/c1-18-6-4-8-20-14-21(16-31-26(35)23-24(27)30-11-10-29-23)25(32-22(18)20)34(3)13-12-33(2)17-19-7-5-9-28-15-19/h4-11,14-15H,12-13,16-17H2,1-3H3,(H2,27,30)(H,31,35). The van der Waals surface area contributed by atoms with E-state index in [-0.39, 0.29) is 24.0 Å².